The number of benzene rings is 1. The van der Waals surface area contributed by atoms with Crippen LogP contribution in [0.4, 0.5) is 5.69 Å². The van der Waals surface area contributed by atoms with E-state index in [1.165, 1.54) is 0 Å². The van der Waals surface area contributed by atoms with Gasteiger partial charge >= 0.3 is 0 Å². The average molecular weight is 348 g/mol. The fourth-order valence-electron chi connectivity index (χ4n) is 2.64. The molecule has 1 aliphatic heterocycles. The molecule has 0 radical (unpaired) electrons. The van der Waals surface area contributed by atoms with Gasteiger partial charge in [0.25, 0.3) is 0 Å². The fraction of sp³-hybridized carbons (Fsp3) is 0.357. The van der Waals surface area contributed by atoms with Gasteiger partial charge in [-0.1, -0.05) is 5.21 Å². The van der Waals surface area contributed by atoms with Crippen LogP contribution in [0.25, 0.3) is 0 Å². The third kappa shape index (κ3) is 2.91. The zero-order valence-electron chi connectivity index (χ0n) is 11.3. The molecule has 0 amide bonds. The lowest BCUT2D eigenvalue weighted by molar-refractivity contribution is 0.0408. The number of halogens is 1. The summed E-state index contributed by atoms with van der Waals surface area (Å²) in [5, 5.41) is 27.3. The lowest BCUT2D eigenvalue weighted by Gasteiger charge is -2.24. The lowest BCUT2D eigenvalue weighted by Crippen LogP contribution is -2.37. The molecule has 1 aromatic carbocycles. The maximum Gasteiger partial charge on any atom is 0.103 e. The molecular formula is C14H14BrN5O. The van der Waals surface area contributed by atoms with Crippen molar-refractivity contribution < 1.29 is 5.11 Å². The first kappa shape index (κ1) is 14.0. The molecule has 0 aliphatic carbocycles. The van der Waals surface area contributed by atoms with Gasteiger partial charge in [-0.25, -0.2) is 4.68 Å². The average Bonchev–Trinajstić information content (AvgIpc) is 3.09. The SMILES string of the molecule is N#Cc1ccc(N2CCC(O)(Cn3ccnn3)C2)c(Br)c1. The first-order valence-corrected chi connectivity index (χ1v) is 7.40. The molecule has 1 atom stereocenters. The van der Waals surface area contributed by atoms with Crippen molar-refractivity contribution >= 4 is 21.6 Å². The predicted molar refractivity (Wildman–Crippen MR) is 80.7 cm³/mol. The molecule has 2 heterocycles. The van der Waals surface area contributed by atoms with Crippen LogP contribution < -0.4 is 4.90 Å². The lowest BCUT2D eigenvalue weighted by atomic mass is 10.0. The Bertz CT molecular complexity index is 681. The Hall–Kier alpha value is -1.91. The fourth-order valence-corrected chi connectivity index (χ4v) is 3.27. The molecule has 1 aromatic heterocycles. The standard InChI is InChI=1S/C14H14BrN5O/c15-12-7-11(8-16)1-2-13(12)19-5-3-14(21,9-19)10-20-6-4-17-18-20/h1-2,4,6-7,21H,3,5,9-10H2. The Morgan fingerprint density at radius 1 is 1.48 bits per heavy atom. The summed E-state index contributed by atoms with van der Waals surface area (Å²) in [4.78, 5) is 2.11. The molecule has 108 valence electrons. The third-order valence-corrected chi connectivity index (χ3v) is 4.31. The van der Waals surface area contributed by atoms with Crippen LogP contribution in [0.2, 0.25) is 0 Å². The molecule has 1 fully saturated rings. The quantitative estimate of drug-likeness (QED) is 0.911. The molecular weight excluding hydrogens is 334 g/mol. The molecule has 0 spiro atoms. The van der Waals surface area contributed by atoms with Crippen molar-refractivity contribution in [2.45, 2.75) is 18.6 Å². The number of rotatable bonds is 3. The minimum atomic E-state index is -0.818. The van der Waals surface area contributed by atoms with Gasteiger partial charge in [0.15, 0.2) is 0 Å². The highest BCUT2D eigenvalue weighted by molar-refractivity contribution is 9.10. The van der Waals surface area contributed by atoms with E-state index in [0.29, 0.717) is 25.1 Å². The van der Waals surface area contributed by atoms with Gasteiger partial charge in [-0.3, -0.25) is 0 Å². The van der Waals surface area contributed by atoms with E-state index in [4.69, 9.17) is 5.26 Å². The topological polar surface area (TPSA) is 78.0 Å². The first-order valence-electron chi connectivity index (χ1n) is 6.61. The van der Waals surface area contributed by atoms with Crippen molar-refractivity contribution in [3.63, 3.8) is 0 Å². The summed E-state index contributed by atoms with van der Waals surface area (Å²) >= 11 is 3.49. The minimum absolute atomic E-state index is 0.428. The van der Waals surface area contributed by atoms with Crippen molar-refractivity contribution in [3.05, 3.63) is 40.6 Å². The van der Waals surface area contributed by atoms with E-state index in [-0.39, 0.29) is 0 Å². The largest absolute Gasteiger partial charge is 0.386 e. The number of aromatic nitrogens is 3. The molecule has 2 aromatic rings. The zero-order valence-corrected chi connectivity index (χ0v) is 12.9. The molecule has 1 N–H and O–H groups in total. The van der Waals surface area contributed by atoms with Gasteiger partial charge in [0.2, 0.25) is 0 Å². The number of nitrogens with zero attached hydrogens (tertiary/aromatic N) is 5. The van der Waals surface area contributed by atoms with Gasteiger partial charge in [-0.15, -0.1) is 5.10 Å². The summed E-state index contributed by atoms with van der Waals surface area (Å²) in [5.41, 5.74) is 0.785. The van der Waals surface area contributed by atoms with Crippen LogP contribution in [-0.4, -0.2) is 38.8 Å². The van der Waals surface area contributed by atoms with Crippen LogP contribution >= 0.6 is 15.9 Å². The number of β-amino-alcohol motifs (C(OH)–C–C–N with tert-alkyl or cyclic N) is 1. The van der Waals surface area contributed by atoms with E-state index in [9.17, 15) is 5.11 Å². The second-order valence-corrected chi connectivity index (χ2v) is 6.13. The van der Waals surface area contributed by atoms with Crippen LogP contribution in [0.3, 0.4) is 0 Å². The summed E-state index contributed by atoms with van der Waals surface area (Å²) in [7, 11) is 0. The van der Waals surface area contributed by atoms with Crippen LogP contribution in [0.1, 0.15) is 12.0 Å². The summed E-state index contributed by atoms with van der Waals surface area (Å²) in [6.07, 6.45) is 4.02. The van der Waals surface area contributed by atoms with E-state index < -0.39 is 5.60 Å². The minimum Gasteiger partial charge on any atom is -0.386 e. The molecule has 1 aliphatic rings. The summed E-state index contributed by atoms with van der Waals surface area (Å²) in [6, 6.07) is 7.60. The molecule has 3 rings (SSSR count). The molecule has 21 heavy (non-hydrogen) atoms. The van der Waals surface area contributed by atoms with Gasteiger partial charge in [0.1, 0.15) is 5.60 Å². The smallest absolute Gasteiger partial charge is 0.103 e. The molecule has 1 unspecified atom stereocenters. The third-order valence-electron chi connectivity index (χ3n) is 3.68. The Kier molecular flexibility index (Phi) is 3.66. The van der Waals surface area contributed by atoms with Crippen molar-refractivity contribution in [2.24, 2.45) is 0 Å². The van der Waals surface area contributed by atoms with Crippen molar-refractivity contribution in [1.82, 2.24) is 15.0 Å². The Morgan fingerprint density at radius 3 is 3.00 bits per heavy atom. The van der Waals surface area contributed by atoms with Crippen LogP contribution in [0.5, 0.6) is 0 Å². The van der Waals surface area contributed by atoms with Crippen molar-refractivity contribution in [2.75, 3.05) is 18.0 Å². The van der Waals surface area contributed by atoms with Gasteiger partial charge in [0, 0.05) is 23.8 Å². The van der Waals surface area contributed by atoms with Gasteiger partial charge in [0.05, 0.1) is 30.1 Å². The molecule has 0 bridgehead atoms. The molecule has 7 heteroatoms. The Balaban J connectivity index is 1.76. The number of aliphatic hydroxyl groups is 1. The summed E-state index contributed by atoms with van der Waals surface area (Å²) in [6.45, 7) is 1.71. The highest BCUT2D eigenvalue weighted by Gasteiger charge is 2.37. The van der Waals surface area contributed by atoms with Crippen LogP contribution in [0.15, 0.2) is 35.1 Å². The van der Waals surface area contributed by atoms with Crippen LogP contribution in [0, 0.1) is 11.3 Å². The van der Waals surface area contributed by atoms with E-state index in [0.717, 1.165) is 16.7 Å². The van der Waals surface area contributed by atoms with Crippen LogP contribution in [-0.2, 0) is 6.54 Å². The van der Waals surface area contributed by atoms with Gasteiger partial charge < -0.3 is 10.0 Å². The number of hydrogen-bond donors (Lipinski definition) is 1. The van der Waals surface area contributed by atoms with Crippen molar-refractivity contribution in [3.8, 4) is 6.07 Å². The predicted octanol–water partition coefficient (Wildman–Crippen LogP) is 1.55. The summed E-state index contributed by atoms with van der Waals surface area (Å²) in [5.74, 6) is 0. The second-order valence-electron chi connectivity index (χ2n) is 5.27. The van der Waals surface area contributed by atoms with E-state index >= 15 is 0 Å². The number of nitriles is 1. The second kappa shape index (κ2) is 5.47. The highest BCUT2D eigenvalue weighted by Crippen LogP contribution is 2.33. The monoisotopic (exact) mass is 347 g/mol. The Morgan fingerprint density at radius 2 is 2.33 bits per heavy atom. The first-order chi connectivity index (χ1) is 10.1. The molecule has 6 nitrogen and oxygen atoms in total. The summed E-state index contributed by atoms with van der Waals surface area (Å²) < 4.78 is 2.52. The van der Waals surface area contributed by atoms with Gasteiger partial charge in [-0.2, -0.15) is 5.26 Å². The van der Waals surface area contributed by atoms with Crippen molar-refractivity contribution in [1.29, 1.82) is 5.26 Å². The number of hydrogen-bond acceptors (Lipinski definition) is 5. The Labute approximate surface area is 130 Å². The van der Waals surface area contributed by atoms with E-state index in [1.807, 2.05) is 6.07 Å². The molecule has 1 saturated heterocycles. The normalized spacial score (nSPS) is 21.5. The number of anilines is 1. The van der Waals surface area contributed by atoms with Gasteiger partial charge in [-0.05, 0) is 40.5 Å². The maximum atomic E-state index is 10.7. The van der Waals surface area contributed by atoms with E-state index in [2.05, 4.69) is 37.2 Å². The van der Waals surface area contributed by atoms with E-state index in [1.54, 1.807) is 29.2 Å². The highest BCUT2D eigenvalue weighted by atomic mass is 79.9. The molecule has 0 saturated carbocycles. The maximum absolute atomic E-state index is 10.7. The zero-order chi connectivity index (χ0) is 14.9.